The minimum absolute atomic E-state index is 0.128. The van der Waals surface area contributed by atoms with Crippen LogP contribution in [-0.2, 0) is 0 Å². The van der Waals surface area contributed by atoms with E-state index in [1.807, 2.05) is 0 Å². The number of rotatable bonds is 3. The summed E-state index contributed by atoms with van der Waals surface area (Å²) in [6.45, 7) is 2.72. The van der Waals surface area contributed by atoms with E-state index in [2.05, 4.69) is 21.2 Å². The van der Waals surface area contributed by atoms with Gasteiger partial charge in [0.1, 0.15) is 5.82 Å². The van der Waals surface area contributed by atoms with Crippen molar-refractivity contribution in [1.82, 2.24) is 10.2 Å². The molecule has 3 nitrogen and oxygen atoms in total. The van der Waals surface area contributed by atoms with Crippen LogP contribution in [0.5, 0.6) is 0 Å². The van der Waals surface area contributed by atoms with Gasteiger partial charge < -0.3 is 10.2 Å². The average molecular weight is 329 g/mol. The van der Waals surface area contributed by atoms with Crippen molar-refractivity contribution in [3.8, 4) is 0 Å². The molecule has 1 aromatic carbocycles. The Labute approximate surface area is 121 Å². The Morgan fingerprint density at radius 1 is 1.58 bits per heavy atom. The zero-order valence-electron chi connectivity index (χ0n) is 11.0. The van der Waals surface area contributed by atoms with E-state index in [4.69, 9.17) is 0 Å². The molecule has 1 unspecified atom stereocenters. The first kappa shape index (κ1) is 14.5. The van der Waals surface area contributed by atoms with Crippen LogP contribution in [0.1, 0.15) is 23.2 Å². The fourth-order valence-electron chi connectivity index (χ4n) is 2.40. The second kappa shape index (κ2) is 6.48. The molecule has 1 aliphatic heterocycles. The van der Waals surface area contributed by atoms with Crippen molar-refractivity contribution in [1.29, 1.82) is 0 Å². The van der Waals surface area contributed by atoms with Gasteiger partial charge in [-0.3, -0.25) is 4.79 Å². The largest absolute Gasteiger partial charge is 0.341 e. The smallest absolute Gasteiger partial charge is 0.253 e. The molecule has 5 heteroatoms. The molecule has 1 aliphatic rings. The fourth-order valence-corrected chi connectivity index (χ4v) is 2.65. The number of carbonyl (C=O) groups is 1. The maximum atomic E-state index is 13.4. The molecule has 0 aliphatic carbocycles. The van der Waals surface area contributed by atoms with Crippen molar-refractivity contribution < 1.29 is 9.18 Å². The Bertz CT molecular complexity index is 461. The first-order chi connectivity index (χ1) is 9.08. The van der Waals surface area contributed by atoms with Crippen molar-refractivity contribution in [3.63, 3.8) is 0 Å². The molecule has 1 saturated heterocycles. The molecule has 2 rings (SSSR count). The summed E-state index contributed by atoms with van der Waals surface area (Å²) in [6.07, 6.45) is 2.29. The third-order valence-electron chi connectivity index (χ3n) is 3.44. The van der Waals surface area contributed by atoms with Gasteiger partial charge in [-0.05, 0) is 66.0 Å². The first-order valence-corrected chi connectivity index (χ1v) is 7.28. The van der Waals surface area contributed by atoms with E-state index in [1.54, 1.807) is 24.1 Å². The predicted octanol–water partition coefficient (Wildman–Crippen LogP) is 2.66. The number of carbonyl (C=O) groups excluding carboxylic acids is 1. The number of nitrogens with zero attached hydrogens (tertiary/aromatic N) is 1. The van der Waals surface area contributed by atoms with Crippen molar-refractivity contribution in [2.75, 3.05) is 26.7 Å². The molecule has 0 aromatic heterocycles. The van der Waals surface area contributed by atoms with E-state index in [1.165, 1.54) is 6.07 Å². The topological polar surface area (TPSA) is 32.3 Å². The maximum absolute atomic E-state index is 13.4. The van der Waals surface area contributed by atoms with Gasteiger partial charge in [0.15, 0.2) is 0 Å². The lowest BCUT2D eigenvalue weighted by Crippen LogP contribution is -2.39. The molecule has 104 valence electrons. The summed E-state index contributed by atoms with van der Waals surface area (Å²) >= 11 is 3.09. The van der Waals surface area contributed by atoms with E-state index in [0.717, 1.165) is 25.9 Å². The number of nitrogens with one attached hydrogen (secondary N) is 1. The number of halogens is 2. The number of hydrogen-bond acceptors (Lipinski definition) is 2. The van der Waals surface area contributed by atoms with E-state index in [9.17, 15) is 9.18 Å². The molecule has 0 bridgehead atoms. The number of piperidine rings is 1. The highest BCUT2D eigenvalue weighted by molar-refractivity contribution is 9.10. The van der Waals surface area contributed by atoms with E-state index < -0.39 is 5.82 Å². The van der Waals surface area contributed by atoms with Gasteiger partial charge >= 0.3 is 0 Å². The number of hydrogen-bond donors (Lipinski definition) is 1. The Hall–Kier alpha value is -0.940. The van der Waals surface area contributed by atoms with Gasteiger partial charge in [0.05, 0.1) is 4.47 Å². The van der Waals surface area contributed by atoms with E-state index in [-0.39, 0.29) is 5.91 Å². The highest BCUT2D eigenvalue weighted by Crippen LogP contribution is 2.18. The quantitative estimate of drug-likeness (QED) is 0.925. The van der Waals surface area contributed by atoms with Crippen LogP contribution in [0.15, 0.2) is 22.7 Å². The minimum atomic E-state index is -0.404. The normalized spacial score (nSPS) is 19.2. The minimum Gasteiger partial charge on any atom is -0.341 e. The maximum Gasteiger partial charge on any atom is 0.253 e. The molecule has 1 aromatic rings. The summed E-state index contributed by atoms with van der Waals surface area (Å²) in [5.74, 6) is -0.0430. The van der Waals surface area contributed by atoms with Crippen molar-refractivity contribution in [2.24, 2.45) is 5.92 Å². The van der Waals surface area contributed by atoms with Gasteiger partial charge in [-0.15, -0.1) is 0 Å². The zero-order valence-corrected chi connectivity index (χ0v) is 12.5. The van der Waals surface area contributed by atoms with Gasteiger partial charge in [-0.1, -0.05) is 0 Å². The van der Waals surface area contributed by atoms with E-state index in [0.29, 0.717) is 22.5 Å². The molecule has 19 heavy (non-hydrogen) atoms. The van der Waals surface area contributed by atoms with Gasteiger partial charge in [-0.25, -0.2) is 4.39 Å². The van der Waals surface area contributed by atoms with Gasteiger partial charge in [0, 0.05) is 19.2 Å². The molecule has 1 fully saturated rings. The monoisotopic (exact) mass is 328 g/mol. The lowest BCUT2D eigenvalue weighted by molar-refractivity contribution is 0.0764. The molecule has 0 saturated carbocycles. The van der Waals surface area contributed by atoms with Crippen molar-refractivity contribution in [3.05, 3.63) is 34.1 Å². The molecule has 0 radical (unpaired) electrons. The first-order valence-electron chi connectivity index (χ1n) is 6.49. The third-order valence-corrected chi connectivity index (χ3v) is 4.09. The number of amides is 1. The van der Waals surface area contributed by atoms with Crippen LogP contribution >= 0.6 is 15.9 Å². The Morgan fingerprint density at radius 3 is 3.00 bits per heavy atom. The highest BCUT2D eigenvalue weighted by atomic mass is 79.9. The molecule has 1 heterocycles. The highest BCUT2D eigenvalue weighted by Gasteiger charge is 2.19. The predicted molar refractivity (Wildman–Crippen MR) is 76.7 cm³/mol. The van der Waals surface area contributed by atoms with E-state index >= 15 is 0 Å². The molecule has 1 atom stereocenters. The molecule has 1 amide bonds. The second-order valence-corrected chi connectivity index (χ2v) is 5.88. The Kier molecular flexibility index (Phi) is 4.93. The number of benzene rings is 1. The summed E-state index contributed by atoms with van der Waals surface area (Å²) in [6, 6.07) is 4.49. The summed E-state index contributed by atoms with van der Waals surface area (Å²) in [7, 11) is 1.77. The lowest BCUT2D eigenvalue weighted by atomic mass is 9.99. The molecular formula is C14H18BrFN2O. The van der Waals surface area contributed by atoms with Gasteiger partial charge in [-0.2, -0.15) is 0 Å². The average Bonchev–Trinajstić information content (AvgIpc) is 2.42. The summed E-state index contributed by atoms with van der Waals surface area (Å²) in [5, 5.41) is 3.33. The summed E-state index contributed by atoms with van der Waals surface area (Å²) in [5.41, 5.74) is 0.395. The van der Waals surface area contributed by atoms with Crippen LogP contribution in [0.2, 0.25) is 0 Å². The standard InChI is InChI=1S/C14H18BrFN2O/c1-18(9-10-3-2-6-17-8-10)14(19)11-4-5-12(15)13(16)7-11/h4-5,7,10,17H,2-3,6,8-9H2,1H3. The second-order valence-electron chi connectivity index (χ2n) is 5.03. The van der Waals surface area contributed by atoms with Crippen molar-refractivity contribution in [2.45, 2.75) is 12.8 Å². The summed E-state index contributed by atoms with van der Waals surface area (Å²) in [4.78, 5) is 13.9. The van der Waals surface area contributed by atoms with Crippen LogP contribution in [-0.4, -0.2) is 37.5 Å². The lowest BCUT2D eigenvalue weighted by Gasteiger charge is -2.27. The molecule has 0 spiro atoms. The zero-order chi connectivity index (χ0) is 13.8. The van der Waals surface area contributed by atoms with Gasteiger partial charge in [0.25, 0.3) is 5.91 Å². The van der Waals surface area contributed by atoms with Crippen LogP contribution in [0.4, 0.5) is 4.39 Å². The van der Waals surface area contributed by atoms with Gasteiger partial charge in [0.2, 0.25) is 0 Å². The van der Waals surface area contributed by atoms with Crippen LogP contribution in [0, 0.1) is 11.7 Å². The molecular weight excluding hydrogens is 311 g/mol. The van der Waals surface area contributed by atoms with Crippen molar-refractivity contribution >= 4 is 21.8 Å². The van der Waals surface area contributed by atoms with Crippen LogP contribution < -0.4 is 5.32 Å². The molecule has 1 N–H and O–H groups in total. The van der Waals surface area contributed by atoms with Crippen LogP contribution in [0.3, 0.4) is 0 Å². The fraction of sp³-hybridized carbons (Fsp3) is 0.500. The SMILES string of the molecule is CN(CC1CCCNC1)C(=O)c1ccc(Br)c(F)c1. The summed E-state index contributed by atoms with van der Waals surface area (Å²) < 4.78 is 13.8. The van der Waals surface area contributed by atoms with Crippen LogP contribution in [0.25, 0.3) is 0 Å². The Morgan fingerprint density at radius 2 is 2.37 bits per heavy atom. The Balaban J connectivity index is 1.99. The third kappa shape index (κ3) is 3.76.